The van der Waals surface area contributed by atoms with Gasteiger partial charge in [-0.15, -0.1) is 0 Å². The third-order valence-corrected chi connectivity index (χ3v) is 2.87. The molecule has 0 unspecified atom stereocenters. The van der Waals surface area contributed by atoms with Crippen LogP contribution in [0.25, 0.3) is 0 Å². The highest BCUT2D eigenvalue weighted by atomic mass is 19.3. The number of alkyl halides is 2. The van der Waals surface area contributed by atoms with Gasteiger partial charge in [0, 0.05) is 6.42 Å². The Balaban J connectivity index is 2.22. The molecule has 1 aliphatic rings. The second-order valence-electron chi connectivity index (χ2n) is 3.93. The van der Waals surface area contributed by atoms with E-state index in [1.54, 1.807) is 0 Å². The molecule has 1 fully saturated rings. The summed E-state index contributed by atoms with van der Waals surface area (Å²) >= 11 is 0. The van der Waals surface area contributed by atoms with Crippen molar-refractivity contribution >= 4 is 0 Å². The Bertz CT molecular complexity index is 155. The number of halogens is 2. The monoisotopic (exact) mass is 188 g/mol. The molecule has 0 aliphatic heterocycles. The Morgan fingerprint density at radius 3 is 2.31 bits per heavy atom. The fraction of sp³-hybridized carbons (Fsp3) is 0.818. The maximum Gasteiger partial charge on any atom is 0.238 e. The van der Waals surface area contributed by atoms with E-state index in [1.807, 2.05) is 6.92 Å². The molecule has 2 heteroatoms. The summed E-state index contributed by atoms with van der Waals surface area (Å²) in [6, 6.07) is 0. The molecule has 0 bridgehead atoms. The van der Waals surface area contributed by atoms with Crippen LogP contribution in [0, 0.1) is 11.8 Å². The van der Waals surface area contributed by atoms with Crippen molar-refractivity contribution in [2.75, 3.05) is 0 Å². The number of allylic oxidation sites excluding steroid dienone is 2. The van der Waals surface area contributed by atoms with E-state index in [2.05, 4.69) is 12.2 Å². The van der Waals surface area contributed by atoms with Crippen molar-refractivity contribution in [2.45, 2.75) is 45.5 Å². The van der Waals surface area contributed by atoms with Gasteiger partial charge in [0.1, 0.15) is 0 Å². The van der Waals surface area contributed by atoms with Crippen LogP contribution in [0.1, 0.15) is 39.0 Å². The molecular weight excluding hydrogens is 170 g/mol. The summed E-state index contributed by atoms with van der Waals surface area (Å²) in [5.74, 6) is 0.931. The summed E-state index contributed by atoms with van der Waals surface area (Å²) in [4.78, 5) is 0. The molecule has 0 aromatic heterocycles. The highest BCUT2D eigenvalue weighted by Gasteiger charge is 2.21. The van der Waals surface area contributed by atoms with Crippen molar-refractivity contribution in [1.29, 1.82) is 0 Å². The maximum absolute atomic E-state index is 12.1. The Labute approximate surface area is 79.0 Å². The van der Waals surface area contributed by atoms with Crippen LogP contribution in [-0.2, 0) is 0 Å². The van der Waals surface area contributed by atoms with Gasteiger partial charge in [-0.25, -0.2) is 8.78 Å². The first kappa shape index (κ1) is 10.7. The molecular formula is C11H18F2. The second kappa shape index (κ2) is 5.36. The van der Waals surface area contributed by atoms with Gasteiger partial charge in [-0.05, 0) is 44.4 Å². The lowest BCUT2D eigenvalue weighted by Gasteiger charge is -2.26. The standard InChI is InChI=1S/C11H18F2/c1-2-3-9-4-6-10(7-5-9)8-11(12)13/h2-3,9-11H,4-8H2,1H3/b3-2+. The molecule has 1 aliphatic carbocycles. The lowest BCUT2D eigenvalue weighted by molar-refractivity contribution is 0.100. The lowest BCUT2D eigenvalue weighted by Crippen LogP contribution is -2.15. The van der Waals surface area contributed by atoms with E-state index in [1.165, 1.54) is 0 Å². The zero-order valence-corrected chi connectivity index (χ0v) is 8.18. The van der Waals surface area contributed by atoms with E-state index in [4.69, 9.17) is 0 Å². The average molecular weight is 188 g/mol. The van der Waals surface area contributed by atoms with Gasteiger partial charge in [0.15, 0.2) is 0 Å². The van der Waals surface area contributed by atoms with Crippen molar-refractivity contribution in [2.24, 2.45) is 11.8 Å². The Morgan fingerprint density at radius 1 is 1.23 bits per heavy atom. The Hall–Kier alpha value is -0.400. The molecule has 76 valence electrons. The van der Waals surface area contributed by atoms with Crippen LogP contribution >= 0.6 is 0 Å². The zero-order chi connectivity index (χ0) is 9.68. The quantitative estimate of drug-likeness (QED) is 0.587. The van der Waals surface area contributed by atoms with Crippen molar-refractivity contribution < 1.29 is 8.78 Å². The molecule has 1 saturated carbocycles. The first-order valence-electron chi connectivity index (χ1n) is 5.13. The van der Waals surface area contributed by atoms with Crippen molar-refractivity contribution in [3.05, 3.63) is 12.2 Å². The van der Waals surface area contributed by atoms with Crippen LogP contribution in [-0.4, -0.2) is 6.43 Å². The third kappa shape index (κ3) is 3.88. The highest BCUT2D eigenvalue weighted by molar-refractivity contribution is 4.88. The average Bonchev–Trinajstić information content (AvgIpc) is 2.08. The minimum absolute atomic E-state index is 0.114. The van der Waals surface area contributed by atoms with Crippen LogP contribution in [0.3, 0.4) is 0 Å². The molecule has 0 aromatic rings. The first-order chi connectivity index (χ1) is 6.22. The summed E-state index contributed by atoms with van der Waals surface area (Å²) in [7, 11) is 0. The first-order valence-corrected chi connectivity index (χ1v) is 5.13. The van der Waals surface area contributed by atoms with Crippen molar-refractivity contribution in [1.82, 2.24) is 0 Å². The number of hydrogen-bond donors (Lipinski definition) is 0. The molecule has 0 heterocycles. The van der Waals surface area contributed by atoms with Crippen LogP contribution in [0.5, 0.6) is 0 Å². The van der Waals surface area contributed by atoms with Crippen molar-refractivity contribution in [3.8, 4) is 0 Å². The summed E-state index contributed by atoms with van der Waals surface area (Å²) in [6.07, 6.45) is 6.45. The number of hydrogen-bond acceptors (Lipinski definition) is 0. The van der Waals surface area contributed by atoms with E-state index in [-0.39, 0.29) is 12.3 Å². The maximum atomic E-state index is 12.1. The molecule has 0 radical (unpaired) electrons. The van der Waals surface area contributed by atoms with Gasteiger partial charge in [-0.2, -0.15) is 0 Å². The highest BCUT2D eigenvalue weighted by Crippen LogP contribution is 2.32. The Kier molecular flexibility index (Phi) is 4.40. The van der Waals surface area contributed by atoms with Gasteiger partial charge in [0.2, 0.25) is 6.43 Å². The smallest absolute Gasteiger partial charge is 0.211 e. The van der Waals surface area contributed by atoms with Crippen LogP contribution in [0.4, 0.5) is 8.78 Å². The largest absolute Gasteiger partial charge is 0.238 e. The van der Waals surface area contributed by atoms with Crippen LogP contribution < -0.4 is 0 Å². The zero-order valence-electron chi connectivity index (χ0n) is 8.18. The summed E-state index contributed by atoms with van der Waals surface area (Å²) in [5.41, 5.74) is 0. The fourth-order valence-electron chi connectivity index (χ4n) is 2.14. The van der Waals surface area contributed by atoms with Gasteiger partial charge in [-0.3, -0.25) is 0 Å². The fourth-order valence-corrected chi connectivity index (χ4v) is 2.14. The lowest BCUT2D eigenvalue weighted by atomic mass is 9.80. The molecule has 0 saturated heterocycles. The minimum Gasteiger partial charge on any atom is -0.211 e. The van der Waals surface area contributed by atoms with Gasteiger partial charge >= 0.3 is 0 Å². The van der Waals surface area contributed by atoms with Gasteiger partial charge in [0.25, 0.3) is 0 Å². The predicted molar refractivity (Wildman–Crippen MR) is 50.9 cm³/mol. The minimum atomic E-state index is -2.11. The van der Waals surface area contributed by atoms with E-state index < -0.39 is 6.43 Å². The van der Waals surface area contributed by atoms with Gasteiger partial charge < -0.3 is 0 Å². The summed E-state index contributed by atoms with van der Waals surface area (Å²) < 4.78 is 24.1. The molecule has 0 aromatic carbocycles. The SMILES string of the molecule is C/C=C/C1CCC(CC(F)F)CC1. The van der Waals surface area contributed by atoms with E-state index in [0.29, 0.717) is 5.92 Å². The topological polar surface area (TPSA) is 0 Å². The van der Waals surface area contributed by atoms with Crippen LogP contribution in [0.15, 0.2) is 12.2 Å². The molecule has 0 spiro atoms. The Morgan fingerprint density at radius 2 is 1.85 bits per heavy atom. The number of rotatable bonds is 3. The van der Waals surface area contributed by atoms with Gasteiger partial charge in [-0.1, -0.05) is 12.2 Å². The normalized spacial score (nSPS) is 30.2. The van der Waals surface area contributed by atoms with E-state index >= 15 is 0 Å². The third-order valence-electron chi connectivity index (χ3n) is 2.87. The van der Waals surface area contributed by atoms with E-state index in [0.717, 1.165) is 25.7 Å². The van der Waals surface area contributed by atoms with E-state index in [9.17, 15) is 8.78 Å². The molecule has 0 atom stereocenters. The van der Waals surface area contributed by atoms with Gasteiger partial charge in [0.05, 0.1) is 0 Å². The second-order valence-corrected chi connectivity index (χ2v) is 3.93. The summed E-state index contributed by atoms with van der Waals surface area (Å²) in [6.45, 7) is 2.02. The molecule has 13 heavy (non-hydrogen) atoms. The molecule has 0 nitrogen and oxygen atoms in total. The summed E-state index contributed by atoms with van der Waals surface area (Å²) in [5, 5.41) is 0. The molecule has 0 N–H and O–H groups in total. The van der Waals surface area contributed by atoms with Crippen molar-refractivity contribution in [3.63, 3.8) is 0 Å². The predicted octanol–water partition coefficient (Wildman–Crippen LogP) is 4.02. The molecule has 0 amide bonds. The molecule has 1 rings (SSSR count). The van der Waals surface area contributed by atoms with Crippen LogP contribution in [0.2, 0.25) is 0 Å².